The molecule has 2 N–H and O–H groups in total. The first-order valence-electron chi connectivity index (χ1n) is 9.01. The van der Waals surface area contributed by atoms with Crippen LogP contribution in [0.4, 0.5) is 0 Å². The van der Waals surface area contributed by atoms with Crippen molar-refractivity contribution in [3.05, 3.63) is 89.4 Å². The maximum Gasteiger partial charge on any atom is 0.305 e. The molecule has 0 atom stereocenters. The van der Waals surface area contributed by atoms with Crippen molar-refractivity contribution in [2.24, 2.45) is 0 Å². The fourth-order valence-electron chi connectivity index (χ4n) is 2.62. The predicted octanol–water partition coefficient (Wildman–Crippen LogP) is 3.56. The molecular weight excluding hydrogens is 356 g/mol. The van der Waals surface area contributed by atoms with Crippen LogP contribution in [0, 0.1) is 6.92 Å². The van der Waals surface area contributed by atoms with Crippen molar-refractivity contribution in [3.63, 3.8) is 0 Å². The molecule has 1 aromatic heterocycles. The van der Waals surface area contributed by atoms with E-state index in [1.54, 1.807) is 6.07 Å². The van der Waals surface area contributed by atoms with Crippen LogP contribution in [-0.2, 0) is 17.8 Å². The van der Waals surface area contributed by atoms with E-state index in [4.69, 9.17) is 9.15 Å². The van der Waals surface area contributed by atoms with E-state index >= 15 is 0 Å². The molecule has 144 valence electrons. The Balaban J connectivity index is 1.42. The molecule has 3 rings (SSSR count). The fraction of sp³-hybridized carbons (Fsp3) is 0.182. The second kappa shape index (κ2) is 9.41. The van der Waals surface area contributed by atoms with Crippen LogP contribution in [0.5, 0.6) is 5.75 Å². The molecule has 0 fully saturated rings. The monoisotopic (exact) mass is 378 g/mol. The van der Waals surface area contributed by atoms with E-state index in [0.29, 0.717) is 17.9 Å². The van der Waals surface area contributed by atoms with Gasteiger partial charge in [0.1, 0.15) is 18.1 Å². The van der Waals surface area contributed by atoms with Gasteiger partial charge >= 0.3 is 5.91 Å². The number of ether oxygens (including phenoxy) is 1. The van der Waals surface area contributed by atoms with Gasteiger partial charge in [0, 0.05) is 6.42 Å². The lowest BCUT2D eigenvalue weighted by Crippen LogP contribution is -2.41. The van der Waals surface area contributed by atoms with Gasteiger partial charge in [-0.05, 0) is 43.2 Å². The summed E-state index contributed by atoms with van der Waals surface area (Å²) >= 11 is 0. The number of amides is 2. The molecule has 0 aliphatic heterocycles. The van der Waals surface area contributed by atoms with Gasteiger partial charge < -0.3 is 9.15 Å². The van der Waals surface area contributed by atoms with Gasteiger partial charge in [0.2, 0.25) is 5.91 Å². The standard InChI is InChI=1S/C22H22N2O4/c1-16-6-5-7-17(14-16)10-13-21(25)23-24-22(26)20-12-11-19(28-20)15-27-18-8-3-2-4-9-18/h2-9,11-12,14H,10,13,15H2,1H3,(H,23,25)(H,24,26). The van der Waals surface area contributed by atoms with Gasteiger partial charge in [0.25, 0.3) is 0 Å². The van der Waals surface area contributed by atoms with Crippen molar-refractivity contribution in [1.29, 1.82) is 0 Å². The number of nitrogens with one attached hydrogen (secondary N) is 2. The average molecular weight is 378 g/mol. The van der Waals surface area contributed by atoms with E-state index in [9.17, 15) is 9.59 Å². The molecule has 0 bridgehead atoms. The Hall–Kier alpha value is -3.54. The van der Waals surface area contributed by atoms with Crippen molar-refractivity contribution < 1.29 is 18.7 Å². The Kier molecular flexibility index (Phi) is 6.46. The molecule has 1 heterocycles. The van der Waals surface area contributed by atoms with Crippen molar-refractivity contribution in [3.8, 4) is 5.75 Å². The molecule has 0 saturated heterocycles. The molecule has 0 aliphatic rings. The normalized spacial score (nSPS) is 10.3. The van der Waals surface area contributed by atoms with E-state index in [1.807, 2.05) is 61.5 Å². The molecule has 0 unspecified atom stereocenters. The summed E-state index contributed by atoms with van der Waals surface area (Å²) in [6.45, 7) is 2.21. The zero-order chi connectivity index (χ0) is 19.8. The highest BCUT2D eigenvalue weighted by Crippen LogP contribution is 2.14. The maximum atomic E-state index is 12.1. The topological polar surface area (TPSA) is 80.6 Å². The Labute approximate surface area is 163 Å². The van der Waals surface area contributed by atoms with Crippen LogP contribution in [0.25, 0.3) is 0 Å². The molecule has 6 nitrogen and oxygen atoms in total. The summed E-state index contributed by atoms with van der Waals surface area (Å²) < 4.78 is 11.0. The van der Waals surface area contributed by atoms with E-state index in [0.717, 1.165) is 11.1 Å². The molecular formula is C22H22N2O4. The molecule has 28 heavy (non-hydrogen) atoms. The van der Waals surface area contributed by atoms with Crippen molar-refractivity contribution in [1.82, 2.24) is 10.9 Å². The summed E-state index contributed by atoms with van der Waals surface area (Å²) in [5, 5.41) is 0. The third-order valence-electron chi connectivity index (χ3n) is 4.05. The summed E-state index contributed by atoms with van der Waals surface area (Å²) in [4.78, 5) is 24.0. The first-order valence-corrected chi connectivity index (χ1v) is 9.01. The van der Waals surface area contributed by atoms with Crippen LogP contribution < -0.4 is 15.6 Å². The SMILES string of the molecule is Cc1cccc(CCC(=O)NNC(=O)c2ccc(COc3ccccc3)o2)c1. The summed E-state index contributed by atoms with van der Waals surface area (Å²) in [6, 6.07) is 20.5. The third-order valence-corrected chi connectivity index (χ3v) is 4.05. The fourth-order valence-corrected chi connectivity index (χ4v) is 2.62. The lowest BCUT2D eigenvalue weighted by atomic mass is 10.1. The van der Waals surface area contributed by atoms with E-state index in [1.165, 1.54) is 6.07 Å². The van der Waals surface area contributed by atoms with Gasteiger partial charge in [-0.1, -0.05) is 48.0 Å². The first-order chi connectivity index (χ1) is 13.6. The zero-order valence-electron chi connectivity index (χ0n) is 15.6. The summed E-state index contributed by atoms with van der Waals surface area (Å²) in [5.74, 6) is 0.542. The van der Waals surface area contributed by atoms with Gasteiger partial charge in [-0.3, -0.25) is 20.4 Å². The van der Waals surface area contributed by atoms with Gasteiger partial charge in [-0.2, -0.15) is 0 Å². The summed E-state index contributed by atoms with van der Waals surface area (Å²) in [6.07, 6.45) is 0.878. The van der Waals surface area contributed by atoms with Crippen LogP contribution in [-0.4, -0.2) is 11.8 Å². The van der Waals surface area contributed by atoms with Crippen molar-refractivity contribution >= 4 is 11.8 Å². The first kappa shape index (κ1) is 19.2. The number of rotatable bonds is 7. The van der Waals surface area contributed by atoms with Crippen molar-refractivity contribution in [2.75, 3.05) is 0 Å². The smallest absolute Gasteiger partial charge is 0.305 e. The summed E-state index contributed by atoms with van der Waals surface area (Å²) in [5.41, 5.74) is 6.99. The summed E-state index contributed by atoms with van der Waals surface area (Å²) in [7, 11) is 0. The quantitative estimate of drug-likeness (QED) is 0.616. The largest absolute Gasteiger partial charge is 0.486 e. The van der Waals surface area contributed by atoms with Crippen LogP contribution in [0.3, 0.4) is 0 Å². The Bertz CT molecular complexity index is 934. The number of hydrogen-bond acceptors (Lipinski definition) is 4. The Morgan fingerprint density at radius 3 is 2.57 bits per heavy atom. The Morgan fingerprint density at radius 1 is 0.964 bits per heavy atom. The molecule has 2 aromatic carbocycles. The van der Waals surface area contributed by atoms with E-state index in [-0.39, 0.29) is 24.7 Å². The van der Waals surface area contributed by atoms with Crippen LogP contribution in [0.1, 0.15) is 33.9 Å². The highest BCUT2D eigenvalue weighted by atomic mass is 16.5. The number of furan rings is 1. The number of para-hydroxylation sites is 1. The van der Waals surface area contributed by atoms with Gasteiger partial charge in [0.15, 0.2) is 5.76 Å². The highest BCUT2D eigenvalue weighted by molar-refractivity contribution is 5.92. The van der Waals surface area contributed by atoms with Crippen molar-refractivity contribution in [2.45, 2.75) is 26.4 Å². The molecule has 0 spiro atoms. The number of hydrazine groups is 1. The second-order valence-electron chi connectivity index (χ2n) is 6.36. The number of aryl methyl sites for hydroxylation is 2. The minimum Gasteiger partial charge on any atom is -0.486 e. The highest BCUT2D eigenvalue weighted by Gasteiger charge is 2.12. The minimum absolute atomic E-state index is 0.102. The Morgan fingerprint density at radius 2 is 1.79 bits per heavy atom. The molecule has 6 heteroatoms. The van der Waals surface area contributed by atoms with E-state index in [2.05, 4.69) is 10.9 Å². The predicted molar refractivity (Wildman–Crippen MR) is 105 cm³/mol. The number of carbonyl (C=O) groups is 2. The van der Waals surface area contributed by atoms with Gasteiger partial charge in [-0.15, -0.1) is 0 Å². The van der Waals surface area contributed by atoms with Crippen LogP contribution in [0.15, 0.2) is 71.1 Å². The molecule has 0 radical (unpaired) electrons. The molecule has 3 aromatic rings. The lowest BCUT2D eigenvalue weighted by molar-refractivity contribution is -0.121. The third kappa shape index (κ3) is 5.74. The average Bonchev–Trinajstić information content (AvgIpc) is 3.19. The number of benzene rings is 2. The van der Waals surface area contributed by atoms with Gasteiger partial charge in [0.05, 0.1) is 0 Å². The zero-order valence-corrected chi connectivity index (χ0v) is 15.6. The van der Waals surface area contributed by atoms with Crippen LogP contribution in [0.2, 0.25) is 0 Å². The van der Waals surface area contributed by atoms with E-state index < -0.39 is 5.91 Å². The molecule has 0 saturated carbocycles. The number of carbonyl (C=O) groups excluding carboxylic acids is 2. The van der Waals surface area contributed by atoms with Gasteiger partial charge in [-0.25, -0.2) is 0 Å². The second-order valence-corrected chi connectivity index (χ2v) is 6.36. The number of hydrogen-bond donors (Lipinski definition) is 2. The van der Waals surface area contributed by atoms with Crippen LogP contribution >= 0.6 is 0 Å². The molecule has 2 amide bonds. The maximum absolute atomic E-state index is 12.1. The lowest BCUT2D eigenvalue weighted by Gasteiger charge is -2.06. The minimum atomic E-state index is -0.519. The molecule has 0 aliphatic carbocycles.